The van der Waals surface area contributed by atoms with Gasteiger partial charge >= 0.3 is 0 Å². The molecule has 0 saturated carbocycles. The van der Waals surface area contributed by atoms with E-state index in [-0.39, 0.29) is 5.91 Å². The average molecular weight is 204 g/mol. The van der Waals surface area contributed by atoms with Crippen LogP contribution in [0.15, 0.2) is 30.6 Å². The van der Waals surface area contributed by atoms with Crippen LogP contribution < -0.4 is 0 Å². The Labute approximate surface area is 90.4 Å². The third-order valence-corrected chi connectivity index (χ3v) is 2.16. The molecular formula is C12H16N2O. The standard InChI is InChI=1S/C12H16N2O/c1-11(15)14(2)9-4-3-6-12-7-5-8-13-10-12/h3,5-8,10H,4,9H2,1-2H3/b6-3+. The number of hydrogen-bond acceptors (Lipinski definition) is 2. The van der Waals surface area contributed by atoms with Crippen LogP contribution in [-0.2, 0) is 4.79 Å². The van der Waals surface area contributed by atoms with Crippen LogP contribution in [0.25, 0.3) is 6.08 Å². The molecule has 0 spiro atoms. The van der Waals surface area contributed by atoms with Crippen LogP contribution in [0.3, 0.4) is 0 Å². The van der Waals surface area contributed by atoms with Gasteiger partial charge in [-0.2, -0.15) is 0 Å². The second-order valence-electron chi connectivity index (χ2n) is 3.42. The van der Waals surface area contributed by atoms with Gasteiger partial charge in [0.05, 0.1) is 0 Å². The van der Waals surface area contributed by atoms with Gasteiger partial charge < -0.3 is 4.90 Å². The largest absolute Gasteiger partial charge is 0.346 e. The summed E-state index contributed by atoms with van der Waals surface area (Å²) in [4.78, 5) is 16.6. The van der Waals surface area contributed by atoms with Crippen LogP contribution in [0.4, 0.5) is 0 Å². The summed E-state index contributed by atoms with van der Waals surface area (Å²) in [5.41, 5.74) is 1.09. The molecular weight excluding hydrogens is 188 g/mol. The van der Waals surface area contributed by atoms with Gasteiger partial charge in [-0.25, -0.2) is 0 Å². The van der Waals surface area contributed by atoms with Crippen molar-refractivity contribution in [2.75, 3.05) is 13.6 Å². The van der Waals surface area contributed by atoms with Gasteiger partial charge in [0.2, 0.25) is 5.91 Å². The third-order valence-electron chi connectivity index (χ3n) is 2.16. The fraction of sp³-hybridized carbons (Fsp3) is 0.333. The summed E-state index contributed by atoms with van der Waals surface area (Å²) < 4.78 is 0. The number of nitrogens with zero attached hydrogens (tertiary/aromatic N) is 2. The molecule has 15 heavy (non-hydrogen) atoms. The first-order valence-electron chi connectivity index (χ1n) is 4.98. The molecule has 3 nitrogen and oxygen atoms in total. The van der Waals surface area contributed by atoms with Gasteiger partial charge in [0, 0.05) is 32.9 Å². The van der Waals surface area contributed by atoms with Crippen molar-refractivity contribution in [1.29, 1.82) is 0 Å². The van der Waals surface area contributed by atoms with Crippen molar-refractivity contribution < 1.29 is 4.79 Å². The Morgan fingerprint density at radius 3 is 3.00 bits per heavy atom. The summed E-state index contributed by atoms with van der Waals surface area (Å²) in [6.07, 6.45) is 8.49. The number of hydrogen-bond donors (Lipinski definition) is 0. The second-order valence-corrected chi connectivity index (χ2v) is 3.42. The fourth-order valence-corrected chi connectivity index (χ4v) is 1.12. The van der Waals surface area contributed by atoms with Crippen LogP contribution in [-0.4, -0.2) is 29.4 Å². The van der Waals surface area contributed by atoms with Crippen molar-refractivity contribution in [1.82, 2.24) is 9.88 Å². The van der Waals surface area contributed by atoms with Gasteiger partial charge in [0.1, 0.15) is 0 Å². The number of carbonyl (C=O) groups excluding carboxylic acids is 1. The Morgan fingerprint density at radius 2 is 2.40 bits per heavy atom. The highest BCUT2D eigenvalue weighted by Gasteiger charge is 1.98. The van der Waals surface area contributed by atoms with Gasteiger partial charge in [-0.15, -0.1) is 0 Å². The van der Waals surface area contributed by atoms with E-state index in [1.165, 1.54) is 0 Å². The maximum Gasteiger partial charge on any atom is 0.219 e. The monoisotopic (exact) mass is 204 g/mol. The first-order chi connectivity index (χ1) is 7.20. The predicted octanol–water partition coefficient (Wildman–Crippen LogP) is 1.96. The zero-order valence-corrected chi connectivity index (χ0v) is 9.18. The van der Waals surface area contributed by atoms with Crippen molar-refractivity contribution in [3.8, 4) is 0 Å². The average Bonchev–Trinajstić information content (AvgIpc) is 2.25. The molecule has 80 valence electrons. The molecule has 0 atom stereocenters. The Hall–Kier alpha value is -1.64. The minimum atomic E-state index is 0.102. The first kappa shape index (κ1) is 11.4. The lowest BCUT2D eigenvalue weighted by Gasteiger charge is -2.12. The van der Waals surface area contributed by atoms with Crippen LogP contribution >= 0.6 is 0 Å². The molecule has 0 aliphatic heterocycles. The van der Waals surface area contributed by atoms with E-state index in [9.17, 15) is 4.79 Å². The smallest absolute Gasteiger partial charge is 0.219 e. The molecule has 0 fully saturated rings. The highest BCUT2D eigenvalue weighted by atomic mass is 16.2. The molecule has 1 aromatic rings. The van der Waals surface area contributed by atoms with Crippen molar-refractivity contribution in [3.63, 3.8) is 0 Å². The summed E-state index contributed by atoms with van der Waals surface area (Å²) in [5.74, 6) is 0.102. The SMILES string of the molecule is CC(=O)N(C)CC/C=C/c1cccnc1. The zero-order chi connectivity index (χ0) is 11.1. The molecule has 0 bridgehead atoms. The van der Waals surface area contributed by atoms with Crippen molar-refractivity contribution in [3.05, 3.63) is 36.2 Å². The molecule has 1 amide bonds. The van der Waals surface area contributed by atoms with E-state index in [0.717, 1.165) is 18.5 Å². The summed E-state index contributed by atoms with van der Waals surface area (Å²) >= 11 is 0. The van der Waals surface area contributed by atoms with E-state index in [1.54, 1.807) is 25.1 Å². The quantitative estimate of drug-likeness (QED) is 0.751. The van der Waals surface area contributed by atoms with Crippen LogP contribution in [0.5, 0.6) is 0 Å². The van der Waals surface area contributed by atoms with Gasteiger partial charge in [-0.1, -0.05) is 18.2 Å². The Kier molecular flexibility index (Phi) is 4.54. The number of carbonyl (C=O) groups is 1. The van der Waals surface area contributed by atoms with E-state index in [0.29, 0.717) is 0 Å². The maximum atomic E-state index is 10.9. The topological polar surface area (TPSA) is 33.2 Å². The van der Waals surface area contributed by atoms with Crippen molar-refractivity contribution in [2.24, 2.45) is 0 Å². The van der Waals surface area contributed by atoms with E-state index in [4.69, 9.17) is 0 Å². The van der Waals surface area contributed by atoms with Crippen LogP contribution in [0.1, 0.15) is 18.9 Å². The van der Waals surface area contributed by atoms with Crippen molar-refractivity contribution in [2.45, 2.75) is 13.3 Å². The lowest BCUT2D eigenvalue weighted by atomic mass is 10.2. The molecule has 0 radical (unpaired) electrons. The lowest BCUT2D eigenvalue weighted by Crippen LogP contribution is -2.24. The van der Waals surface area contributed by atoms with Crippen LogP contribution in [0, 0.1) is 0 Å². The minimum Gasteiger partial charge on any atom is -0.346 e. The second kappa shape index (κ2) is 5.96. The van der Waals surface area contributed by atoms with E-state index in [1.807, 2.05) is 24.4 Å². The molecule has 0 aliphatic rings. The molecule has 0 aliphatic carbocycles. The third kappa shape index (κ3) is 4.40. The molecule has 0 saturated heterocycles. The number of aromatic nitrogens is 1. The van der Waals surface area contributed by atoms with E-state index >= 15 is 0 Å². The van der Waals surface area contributed by atoms with E-state index in [2.05, 4.69) is 11.1 Å². The lowest BCUT2D eigenvalue weighted by molar-refractivity contribution is -0.127. The number of rotatable bonds is 4. The highest BCUT2D eigenvalue weighted by molar-refractivity contribution is 5.72. The van der Waals surface area contributed by atoms with Gasteiger partial charge in [0.25, 0.3) is 0 Å². The zero-order valence-electron chi connectivity index (χ0n) is 9.18. The molecule has 0 unspecified atom stereocenters. The predicted molar refractivity (Wildman–Crippen MR) is 61.2 cm³/mol. The van der Waals surface area contributed by atoms with Crippen LogP contribution in [0.2, 0.25) is 0 Å². The molecule has 1 heterocycles. The normalized spacial score (nSPS) is 10.5. The van der Waals surface area contributed by atoms with E-state index < -0.39 is 0 Å². The van der Waals surface area contributed by atoms with Gasteiger partial charge in [0.15, 0.2) is 0 Å². The minimum absolute atomic E-state index is 0.102. The molecule has 0 N–H and O–H groups in total. The number of pyridine rings is 1. The Bertz CT molecular complexity index is 333. The molecule has 1 rings (SSSR count). The number of amides is 1. The Balaban J connectivity index is 2.32. The molecule has 3 heteroatoms. The first-order valence-corrected chi connectivity index (χ1v) is 4.98. The summed E-state index contributed by atoms with van der Waals surface area (Å²) in [6, 6.07) is 3.90. The van der Waals surface area contributed by atoms with Gasteiger partial charge in [-0.3, -0.25) is 9.78 Å². The summed E-state index contributed by atoms with van der Waals surface area (Å²) in [7, 11) is 1.81. The van der Waals surface area contributed by atoms with Crippen molar-refractivity contribution >= 4 is 12.0 Å². The highest BCUT2D eigenvalue weighted by Crippen LogP contribution is 2.00. The maximum absolute atomic E-state index is 10.9. The molecule has 1 aromatic heterocycles. The summed E-state index contributed by atoms with van der Waals surface area (Å²) in [6.45, 7) is 2.33. The fourth-order valence-electron chi connectivity index (χ4n) is 1.12. The summed E-state index contributed by atoms with van der Waals surface area (Å²) in [5, 5.41) is 0. The van der Waals surface area contributed by atoms with Gasteiger partial charge in [-0.05, 0) is 18.1 Å². The Morgan fingerprint density at radius 1 is 1.60 bits per heavy atom. The molecule has 0 aromatic carbocycles.